The molecule has 0 radical (unpaired) electrons. The number of oxazole rings is 1. The third-order valence-electron chi connectivity index (χ3n) is 4.53. The zero-order chi connectivity index (χ0) is 21.6. The highest BCUT2D eigenvalue weighted by atomic mass is 35.5. The molecule has 0 unspecified atom stereocenters. The number of nitrogens with zero attached hydrogens (tertiary/aromatic N) is 4. The van der Waals surface area contributed by atoms with Gasteiger partial charge in [-0.25, -0.2) is 4.98 Å². The number of aromatic nitrogens is 4. The van der Waals surface area contributed by atoms with Crippen molar-refractivity contribution in [1.82, 2.24) is 19.7 Å². The third-order valence-corrected chi connectivity index (χ3v) is 6.10. The van der Waals surface area contributed by atoms with Gasteiger partial charge in [0.15, 0.2) is 11.0 Å². The van der Waals surface area contributed by atoms with Crippen molar-refractivity contribution >= 4 is 35.0 Å². The third kappa shape index (κ3) is 5.30. The van der Waals surface area contributed by atoms with Crippen LogP contribution in [-0.4, -0.2) is 33.5 Å². The van der Waals surface area contributed by atoms with Gasteiger partial charge in [0, 0.05) is 42.2 Å². The van der Waals surface area contributed by atoms with Crippen LogP contribution in [0, 0.1) is 0 Å². The summed E-state index contributed by atoms with van der Waals surface area (Å²) in [5.74, 6) is 1.87. The highest BCUT2D eigenvalue weighted by Gasteiger charge is 2.17. The van der Waals surface area contributed by atoms with Crippen LogP contribution in [0.2, 0.25) is 10.0 Å². The molecule has 0 N–H and O–H groups in total. The van der Waals surface area contributed by atoms with Gasteiger partial charge in [-0.2, -0.15) is 0 Å². The SMILES string of the molecule is COCCCn1c(SCc2coc(-c3cccc(Cl)c3)n2)nnc1-c1ccccc1Cl. The van der Waals surface area contributed by atoms with Gasteiger partial charge in [0.25, 0.3) is 0 Å². The second kappa shape index (κ2) is 10.3. The Hall–Kier alpha value is -2.32. The lowest BCUT2D eigenvalue weighted by Gasteiger charge is -2.10. The van der Waals surface area contributed by atoms with Crippen LogP contribution >= 0.6 is 35.0 Å². The van der Waals surface area contributed by atoms with Crippen molar-refractivity contribution in [3.05, 3.63) is 70.5 Å². The Labute approximate surface area is 194 Å². The first-order valence-electron chi connectivity index (χ1n) is 9.66. The predicted molar refractivity (Wildman–Crippen MR) is 123 cm³/mol. The Bertz CT molecular complexity index is 1160. The predicted octanol–water partition coefficient (Wildman–Crippen LogP) is 6.24. The highest BCUT2D eigenvalue weighted by molar-refractivity contribution is 7.98. The Kier molecular flexibility index (Phi) is 7.29. The lowest BCUT2D eigenvalue weighted by Crippen LogP contribution is -2.05. The largest absolute Gasteiger partial charge is 0.444 e. The van der Waals surface area contributed by atoms with Gasteiger partial charge in [-0.15, -0.1) is 10.2 Å². The second-order valence-electron chi connectivity index (χ2n) is 6.73. The van der Waals surface area contributed by atoms with Gasteiger partial charge in [0.2, 0.25) is 5.89 Å². The number of ether oxygens (including phenoxy) is 1. The zero-order valence-electron chi connectivity index (χ0n) is 16.8. The van der Waals surface area contributed by atoms with Crippen LogP contribution in [0.25, 0.3) is 22.8 Å². The van der Waals surface area contributed by atoms with E-state index in [0.717, 1.165) is 40.8 Å². The molecule has 0 saturated carbocycles. The van der Waals surface area contributed by atoms with Gasteiger partial charge in [0.1, 0.15) is 6.26 Å². The van der Waals surface area contributed by atoms with Gasteiger partial charge >= 0.3 is 0 Å². The molecule has 160 valence electrons. The molecule has 0 fully saturated rings. The standard InChI is InChI=1S/C22H20Cl2N4O2S/c1-29-11-5-10-28-20(18-8-2-3-9-19(18)24)26-27-22(28)31-14-17-13-30-21(25-17)15-6-4-7-16(23)12-15/h2-4,6-9,12-13H,5,10-11,14H2,1H3. The van der Waals surface area contributed by atoms with Crippen LogP contribution < -0.4 is 0 Å². The maximum Gasteiger partial charge on any atom is 0.226 e. The van der Waals surface area contributed by atoms with Gasteiger partial charge in [-0.05, 0) is 36.8 Å². The average molecular weight is 475 g/mol. The summed E-state index contributed by atoms with van der Waals surface area (Å²) in [7, 11) is 1.69. The zero-order valence-corrected chi connectivity index (χ0v) is 19.1. The number of hydrogen-bond donors (Lipinski definition) is 0. The first-order chi connectivity index (χ1) is 15.2. The molecule has 0 spiro atoms. The molecule has 0 amide bonds. The average Bonchev–Trinajstić information content (AvgIpc) is 3.40. The fraction of sp³-hybridized carbons (Fsp3) is 0.227. The first kappa shape index (κ1) is 21.9. The first-order valence-corrected chi connectivity index (χ1v) is 11.4. The van der Waals surface area contributed by atoms with Crippen molar-refractivity contribution in [1.29, 1.82) is 0 Å². The second-order valence-corrected chi connectivity index (χ2v) is 8.51. The van der Waals surface area contributed by atoms with E-state index in [1.54, 1.807) is 25.1 Å². The summed E-state index contributed by atoms with van der Waals surface area (Å²) in [5.41, 5.74) is 2.50. The fourth-order valence-corrected chi connectivity index (χ4v) is 4.32. The molecule has 6 nitrogen and oxygen atoms in total. The maximum absolute atomic E-state index is 6.40. The van der Waals surface area contributed by atoms with Crippen LogP contribution in [0.5, 0.6) is 0 Å². The van der Waals surface area contributed by atoms with Crippen molar-refractivity contribution in [3.63, 3.8) is 0 Å². The summed E-state index contributed by atoms with van der Waals surface area (Å²) in [6.45, 7) is 1.37. The Morgan fingerprint density at radius 2 is 1.97 bits per heavy atom. The minimum Gasteiger partial charge on any atom is -0.444 e. The molecule has 0 bridgehead atoms. The van der Waals surface area contributed by atoms with E-state index in [4.69, 9.17) is 32.4 Å². The monoisotopic (exact) mass is 474 g/mol. The van der Waals surface area contributed by atoms with Crippen LogP contribution in [0.15, 0.2) is 64.4 Å². The van der Waals surface area contributed by atoms with E-state index in [9.17, 15) is 0 Å². The van der Waals surface area contributed by atoms with Crippen LogP contribution in [0.1, 0.15) is 12.1 Å². The van der Waals surface area contributed by atoms with Crippen molar-refractivity contribution in [3.8, 4) is 22.8 Å². The summed E-state index contributed by atoms with van der Waals surface area (Å²) >= 11 is 14.0. The number of methoxy groups -OCH3 is 1. The topological polar surface area (TPSA) is 66.0 Å². The Balaban J connectivity index is 1.54. The molecule has 0 aliphatic carbocycles. The number of hydrogen-bond acceptors (Lipinski definition) is 6. The minimum atomic E-state index is 0.538. The molecular weight excluding hydrogens is 455 g/mol. The lowest BCUT2D eigenvalue weighted by molar-refractivity contribution is 0.189. The summed E-state index contributed by atoms with van der Waals surface area (Å²) in [6.07, 6.45) is 2.49. The Morgan fingerprint density at radius 3 is 2.77 bits per heavy atom. The normalized spacial score (nSPS) is 11.2. The minimum absolute atomic E-state index is 0.538. The molecule has 2 heterocycles. The molecule has 0 saturated heterocycles. The number of benzene rings is 2. The molecule has 9 heteroatoms. The number of thioether (sulfide) groups is 1. The van der Waals surface area contributed by atoms with E-state index in [1.165, 1.54) is 0 Å². The molecule has 4 aromatic rings. The van der Waals surface area contributed by atoms with Gasteiger partial charge in [-0.3, -0.25) is 0 Å². The van der Waals surface area contributed by atoms with E-state index in [2.05, 4.69) is 19.7 Å². The van der Waals surface area contributed by atoms with Crippen LogP contribution in [-0.2, 0) is 17.0 Å². The molecule has 2 aromatic heterocycles. The summed E-state index contributed by atoms with van der Waals surface area (Å²) < 4.78 is 12.9. The van der Waals surface area contributed by atoms with Crippen molar-refractivity contribution < 1.29 is 9.15 Å². The van der Waals surface area contributed by atoms with E-state index in [-0.39, 0.29) is 0 Å². The maximum atomic E-state index is 6.40. The molecule has 2 aromatic carbocycles. The van der Waals surface area contributed by atoms with E-state index in [0.29, 0.717) is 28.3 Å². The van der Waals surface area contributed by atoms with Gasteiger partial charge in [0.05, 0.1) is 10.7 Å². The fourth-order valence-electron chi connectivity index (χ4n) is 3.07. The van der Waals surface area contributed by atoms with Crippen LogP contribution in [0.4, 0.5) is 0 Å². The molecular formula is C22H20Cl2N4O2S. The van der Waals surface area contributed by atoms with Crippen molar-refractivity contribution in [2.45, 2.75) is 23.9 Å². The van der Waals surface area contributed by atoms with Gasteiger partial charge < -0.3 is 13.7 Å². The van der Waals surface area contributed by atoms with E-state index in [1.807, 2.05) is 48.5 Å². The van der Waals surface area contributed by atoms with Gasteiger partial charge in [-0.1, -0.05) is 53.2 Å². The van der Waals surface area contributed by atoms with Crippen molar-refractivity contribution in [2.75, 3.05) is 13.7 Å². The molecule has 31 heavy (non-hydrogen) atoms. The van der Waals surface area contributed by atoms with Crippen molar-refractivity contribution in [2.24, 2.45) is 0 Å². The Morgan fingerprint density at radius 1 is 1.10 bits per heavy atom. The molecule has 4 rings (SSSR count). The summed E-state index contributed by atoms with van der Waals surface area (Å²) in [5, 5.41) is 10.9. The smallest absolute Gasteiger partial charge is 0.226 e. The molecule has 0 aliphatic heterocycles. The number of halogens is 2. The van der Waals surface area contributed by atoms with Crippen LogP contribution in [0.3, 0.4) is 0 Å². The van der Waals surface area contributed by atoms with E-state index >= 15 is 0 Å². The quantitative estimate of drug-likeness (QED) is 0.211. The number of rotatable bonds is 9. The summed E-state index contributed by atoms with van der Waals surface area (Å²) in [4.78, 5) is 4.58. The molecule has 0 aliphatic rings. The highest BCUT2D eigenvalue weighted by Crippen LogP contribution is 2.31. The lowest BCUT2D eigenvalue weighted by atomic mass is 10.2. The summed E-state index contributed by atoms with van der Waals surface area (Å²) in [6, 6.07) is 15.1. The van der Waals surface area contributed by atoms with E-state index < -0.39 is 0 Å². The molecule has 0 atom stereocenters.